The number of esters is 1. The van der Waals surface area contributed by atoms with Crippen LogP contribution in [0.3, 0.4) is 0 Å². The first kappa shape index (κ1) is 26.9. The Bertz CT molecular complexity index is 1360. The molecule has 0 radical (unpaired) electrons. The number of rotatable bonds is 10. The van der Waals surface area contributed by atoms with Crippen molar-refractivity contribution in [2.45, 2.75) is 33.1 Å². The molecule has 1 N–H and O–H groups in total. The lowest BCUT2D eigenvalue weighted by Crippen LogP contribution is -2.36. The maximum absolute atomic E-state index is 12.8. The number of aryl methyl sites for hydroxylation is 1. The normalized spacial score (nSPS) is 14.3. The molecule has 8 nitrogen and oxygen atoms in total. The van der Waals surface area contributed by atoms with Gasteiger partial charge in [-0.05, 0) is 66.6 Å². The fourth-order valence-corrected chi connectivity index (χ4v) is 4.50. The van der Waals surface area contributed by atoms with E-state index in [-0.39, 0.29) is 17.4 Å². The number of furan rings is 1. The molecule has 0 atom stereocenters. The second kappa shape index (κ2) is 12.4. The zero-order chi connectivity index (χ0) is 27.1. The molecule has 0 saturated carbocycles. The number of benzene rings is 2. The molecule has 3 amide bonds. The molecule has 0 unspecified atom stereocenters. The fourth-order valence-electron chi connectivity index (χ4n) is 3.68. The molecule has 9 heteroatoms. The zero-order valence-electron chi connectivity index (χ0n) is 21.2. The second-order valence-corrected chi connectivity index (χ2v) is 9.63. The number of carbonyl (C=O) groups is 4. The molecule has 0 aliphatic carbocycles. The predicted molar refractivity (Wildman–Crippen MR) is 146 cm³/mol. The number of anilines is 1. The minimum atomic E-state index is -0.555. The van der Waals surface area contributed by atoms with Crippen LogP contribution in [0.1, 0.15) is 48.4 Å². The zero-order valence-corrected chi connectivity index (χ0v) is 22.0. The van der Waals surface area contributed by atoms with Crippen LogP contribution in [-0.2, 0) is 20.7 Å². The van der Waals surface area contributed by atoms with Crippen LogP contribution < -0.4 is 5.32 Å². The Morgan fingerprint density at radius 3 is 2.42 bits per heavy atom. The van der Waals surface area contributed by atoms with Crippen molar-refractivity contribution in [2.24, 2.45) is 0 Å². The lowest BCUT2D eigenvalue weighted by atomic mass is 10.1. The topological polar surface area (TPSA) is 106 Å². The Labute approximate surface area is 225 Å². The third kappa shape index (κ3) is 6.60. The van der Waals surface area contributed by atoms with Gasteiger partial charge in [-0.25, -0.2) is 4.79 Å². The summed E-state index contributed by atoms with van der Waals surface area (Å²) in [4.78, 5) is 50.8. The van der Waals surface area contributed by atoms with Crippen molar-refractivity contribution < 1.29 is 28.3 Å². The molecule has 1 aromatic heterocycles. The molecule has 0 bridgehead atoms. The number of hydrogen-bond acceptors (Lipinski definition) is 7. The highest BCUT2D eigenvalue weighted by molar-refractivity contribution is 8.18. The largest absolute Gasteiger partial charge is 0.462 e. The van der Waals surface area contributed by atoms with Crippen LogP contribution in [0.25, 0.3) is 17.4 Å². The highest BCUT2D eigenvalue weighted by Gasteiger charge is 2.36. The molecule has 196 valence electrons. The van der Waals surface area contributed by atoms with E-state index in [1.807, 2.05) is 26.0 Å². The molecule has 1 aliphatic rings. The van der Waals surface area contributed by atoms with Gasteiger partial charge in [0, 0.05) is 17.3 Å². The first-order chi connectivity index (χ1) is 18.4. The fraction of sp³-hybridized carbons (Fsp3) is 0.241. The van der Waals surface area contributed by atoms with Crippen LogP contribution in [0, 0.1) is 0 Å². The monoisotopic (exact) mass is 532 g/mol. The Hall–Kier alpha value is -4.11. The number of unbranched alkanes of at least 4 members (excludes halogenated alkanes) is 1. The number of thioether (sulfide) groups is 1. The lowest BCUT2D eigenvalue weighted by Gasteiger charge is -2.12. The summed E-state index contributed by atoms with van der Waals surface area (Å²) < 4.78 is 11.1. The van der Waals surface area contributed by atoms with Crippen LogP contribution >= 0.6 is 11.8 Å². The van der Waals surface area contributed by atoms with Crippen LogP contribution in [0.4, 0.5) is 10.5 Å². The second-order valence-electron chi connectivity index (χ2n) is 8.64. The summed E-state index contributed by atoms with van der Waals surface area (Å²) in [6.45, 7) is 4.07. The molecule has 4 rings (SSSR count). The summed E-state index contributed by atoms with van der Waals surface area (Å²) in [6.07, 6.45) is 4.13. The van der Waals surface area contributed by atoms with E-state index in [9.17, 15) is 19.2 Å². The van der Waals surface area contributed by atoms with Gasteiger partial charge in [0.05, 0.1) is 17.1 Å². The molecule has 38 heavy (non-hydrogen) atoms. The van der Waals surface area contributed by atoms with E-state index < -0.39 is 17.1 Å². The SMILES string of the molecule is CCCCOC(=O)c1ccc(-c2ccc(/C=C3/SC(=O)N(CC(=O)Nc4ccc(CC)cc4)C3=O)o2)cc1. The van der Waals surface area contributed by atoms with Gasteiger partial charge in [0.2, 0.25) is 5.91 Å². The number of amides is 3. The van der Waals surface area contributed by atoms with E-state index in [1.165, 1.54) is 6.08 Å². The van der Waals surface area contributed by atoms with Crippen LogP contribution in [-0.4, -0.2) is 41.1 Å². The van der Waals surface area contributed by atoms with Crippen molar-refractivity contribution in [2.75, 3.05) is 18.5 Å². The molecule has 3 aromatic rings. The lowest BCUT2D eigenvalue weighted by molar-refractivity contribution is -0.127. The molecule has 1 fully saturated rings. The van der Waals surface area contributed by atoms with E-state index in [1.54, 1.807) is 48.5 Å². The summed E-state index contributed by atoms with van der Waals surface area (Å²) in [6, 6.07) is 17.6. The highest BCUT2D eigenvalue weighted by Crippen LogP contribution is 2.33. The summed E-state index contributed by atoms with van der Waals surface area (Å²) in [5.74, 6) is -0.469. The van der Waals surface area contributed by atoms with E-state index in [0.29, 0.717) is 29.4 Å². The minimum absolute atomic E-state index is 0.168. The van der Waals surface area contributed by atoms with E-state index >= 15 is 0 Å². The van der Waals surface area contributed by atoms with Gasteiger partial charge in [-0.2, -0.15) is 0 Å². The number of nitrogens with zero attached hydrogens (tertiary/aromatic N) is 1. The van der Waals surface area contributed by atoms with Crippen molar-refractivity contribution in [1.82, 2.24) is 4.90 Å². The summed E-state index contributed by atoms with van der Waals surface area (Å²) in [5.41, 5.74) is 2.93. The molecular formula is C29H28N2O6S. The van der Waals surface area contributed by atoms with Crippen LogP contribution in [0.15, 0.2) is 70.0 Å². The summed E-state index contributed by atoms with van der Waals surface area (Å²) in [7, 11) is 0. The maximum Gasteiger partial charge on any atom is 0.338 e. The van der Waals surface area contributed by atoms with E-state index in [0.717, 1.165) is 47.1 Å². The van der Waals surface area contributed by atoms with Gasteiger partial charge >= 0.3 is 5.97 Å². The Kier molecular flexibility index (Phi) is 8.81. The molecule has 0 spiro atoms. The summed E-state index contributed by atoms with van der Waals surface area (Å²) in [5, 5.41) is 2.19. The number of ether oxygens (including phenoxy) is 1. The Morgan fingerprint density at radius 1 is 1.00 bits per heavy atom. The standard InChI is InChI=1S/C29H28N2O6S/c1-3-5-16-36-28(34)21-10-8-20(9-11-21)24-15-14-23(37-24)17-25-27(33)31(29(35)38-25)18-26(32)30-22-12-6-19(4-2)7-13-22/h6-15,17H,3-5,16,18H2,1-2H3,(H,30,32)/b25-17+. The van der Waals surface area contributed by atoms with Gasteiger partial charge in [-0.3, -0.25) is 19.3 Å². The van der Waals surface area contributed by atoms with Gasteiger partial charge in [0.25, 0.3) is 11.1 Å². The number of imide groups is 1. The van der Waals surface area contributed by atoms with Gasteiger partial charge in [0.1, 0.15) is 18.1 Å². The van der Waals surface area contributed by atoms with Gasteiger partial charge in [-0.15, -0.1) is 0 Å². The van der Waals surface area contributed by atoms with Crippen LogP contribution in [0.2, 0.25) is 0 Å². The number of nitrogens with one attached hydrogen (secondary N) is 1. The first-order valence-electron chi connectivity index (χ1n) is 12.4. The van der Waals surface area contributed by atoms with Gasteiger partial charge < -0.3 is 14.5 Å². The third-order valence-corrected chi connectivity index (χ3v) is 6.76. The molecule has 1 saturated heterocycles. The maximum atomic E-state index is 12.8. The predicted octanol–water partition coefficient (Wildman–Crippen LogP) is 6.14. The molecule has 1 aliphatic heterocycles. The highest BCUT2D eigenvalue weighted by atomic mass is 32.2. The average Bonchev–Trinajstić information content (AvgIpc) is 3.49. The Morgan fingerprint density at radius 2 is 1.74 bits per heavy atom. The average molecular weight is 533 g/mol. The van der Waals surface area contributed by atoms with Gasteiger partial charge in [0.15, 0.2) is 0 Å². The summed E-state index contributed by atoms with van der Waals surface area (Å²) >= 11 is 0.755. The van der Waals surface area contributed by atoms with E-state index in [2.05, 4.69) is 5.32 Å². The van der Waals surface area contributed by atoms with Crippen molar-refractivity contribution in [1.29, 1.82) is 0 Å². The quantitative estimate of drug-likeness (QED) is 0.190. The van der Waals surface area contributed by atoms with Crippen molar-refractivity contribution in [3.05, 3.63) is 82.5 Å². The van der Waals surface area contributed by atoms with Crippen molar-refractivity contribution in [3.8, 4) is 11.3 Å². The number of carbonyl (C=O) groups excluding carboxylic acids is 4. The smallest absolute Gasteiger partial charge is 0.338 e. The molecule has 2 heterocycles. The molecule has 2 aromatic carbocycles. The number of hydrogen-bond donors (Lipinski definition) is 1. The molecular weight excluding hydrogens is 504 g/mol. The van der Waals surface area contributed by atoms with E-state index in [4.69, 9.17) is 9.15 Å². The Balaban J connectivity index is 1.37. The third-order valence-electron chi connectivity index (χ3n) is 5.86. The minimum Gasteiger partial charge on any atom is -0.462 e. The van der Waals surface area contributed by atoms with Crippen LogP contribution in [0.5, 0.6) is 0 Å². The first-order valence-corrected chi connectivity index (χ1v) is 13.2. The van der Waals surface area contributed by atoms with Gasteiger partial charge in [-0.1, -0.05) is 44.5 Å². The van der Waals surface area contributed by atoms with Crippen molar-refractivity contribution >= 4 is 46.5 Å². The van der Waals surface area contributed by atoms with Crippen molar-refractivity contribution in [3.63, 3.8) is 0 Å².